The molecule has 2 rings (SSSR count). The third-order valence-electron chi connectivity index (χ3n) is 3.47. The number of carbonyl (C=O) groups excluding carboxylic acids is 2. The fourth-order valence-corrected chi connectivity index (χ4v) is 1.89. The molecule has 6 nitrogen and oxygen atoms in total. The minimum atomic E-state index is -1.23. The standard InChI is InChI=1S/C17H20N2O4/c1-17(2,15(20)18-11-14-8-5-9-23-14)16(21)19-12-6-4-7-13(10-12)22-3/h4-10H,11H2,1-3H3,(H,18,20)(H,19,21). The first-order chi connectivity index (χ1) is 10.9. The Balaban J connectivity index is 1.99. The van der Waals surface area contributed by atoms with Crippen molar-refractivity contribution in [3.05, 3.63) is 48.4 Å². The molecule has 122 valence electrons. The van der Waals surface area contributed by atoms with E-state index in [4.69, 9.17) is 9.15 Å². The van der Waals surface area contributed by atoms with Gasteiger partial charge in [0, 0.05) is 11.8 Å². The first-order valence-electron chi connectivity index (χ1n) is 7.19. The van der Waals surface area contributed by atoms with Crippen molar-refractivity contribution in [2.45, 2.75) is 20.4 Å². The van der Waals surface area contributed by atoms with E-state index in [1.54, 1.807) is 57.4 Å². The molecule has 0 bridgehead atoms. The van der Waals surface area contributed by atoms with Crippen molar-refractivity contribution in [1.82, 2.24) is 5.32 Å². The van der Waals surface area contributed by atoms with Crippen LogP contribution in [0.1, 0.15) is 19.6 Å². The smallest absolute Gasteiger partial charge is 0.239 e. The van der Waals surface area contributed by atoms with Gasteiger partial charge in [-0.1, -0.05) is 6.07 Å². The van der Waals surface area contributed by atoms with Crippen LogP contribution in [0.2, 0.25) is 0 Å². The Kier molecular flexibility index (Phi) is 5.05. The monoisotopic (exact) mass is 316 g/mol. The van der Waals surface area contributed by atoms with Crippen LogP contribution < -0.4 is 15.4 Å². The molecule has 1 heterocycles. The maximum atomic E-state index is 12.4. The van der Waals surface area contributed by atoms with Crippen LogP contribution in [0.25, 0.3) is 0 Å². The van der Waals surface area contributed by atoms with E-state index in [0.717, 1.165) is 0 Å². The van der Waals surface area contributed by atoms with E-state index in [-0.39, 0.29) is 12.5 Å². The molecule has 0 fully saturated rings. The summed E-state index contributed by atoms with van der Waals surface area (Å²) in [4.78, 5) is 24.7. The van der Waals surface area contributed by atoms with Crippen LogP contribution in [0.5, 0.6) is 5.75 Å². The fraction of sp³-hybridized carbons (Fsp3) is 0.294. The second kappa shape index (κ2) is 7.00. The van der Waals surface area contributed by atoms with Crippen molar-refractivity contribution >= 4 is 17.5 Å². The first-order valence-corrected chi connectivity index (χ1v) is 7.19. The van der Waals surface area contributed by atoms with Gasteiger partial charge in [-0.2, -0.15) is 0 Å². The van der Waals surface area contributed by atoms with Crippen molar-refractivity contribution in [3.63, 3.8) is 0 Å². The Bertz CT molecular complexity index is 678. The number of ether oxygens (including phenoxy) is 1. The Morgan fingerprint density at radius 1 is 1.17 bits per heavy atom. The number of furan rings is 1. The van der Waals surface area contributed by atoms with Gasteiger partial charge in [0.15, 0.2) is 0 Å². The highest BCUT2D eigenvalue weighted by Gasteiger charge is 2.36. The quantitative estimate of drug-likeness (QED) is 0.803. The molecule has 0 spiro atoms. The van der Waals surface area contributed by atoms with Gasteiger partial charge in [-0.15, -0.1) is 0 Å². The molecule has 23 heavy (non-hydrogen) atoms. The van der Waals surface area contributed by atoms with Gasteiger partial charge in [-0.25, -0.2) is 0 Å². The van der Waals surface area contributed by atoms with E-state index in [1.165, 1.54) is 6.26 Å². The minimum Gasteiger partial charge on any atom is -0.497 e. The van der Waals surface area contributed by atoms with Crippen LogP contribution in [0, 0.1) is 5.41 Å². The molecule has 0 saturated carbocycles. The van der Waals surface area contributed by atoms with E-state index < -0.39 is 11.3 Å². The van der Waals surface area contributed by atoms with E-state index in [1.807, 2.05) is 0 Å². The highest BCUT2D eigenvalue weighted by Crippen LogP contribution is 2.22. The summed E-state index contributed by atoms with van der Waals surface area (Å²) in [7, 11) is 1.55. The molecule has 2 amide bonds. The topological polar surface area (TPSA) is 80.6 Å². The lowest BCUT2D eigenvalue weighted by molar-refractivity contribution is -0.138. The molecule has 2 N–H and O–H groups in total. The highest BCUT2D eigenvalue weighted by molar-refractivity contribution is 6.09. The van der Waals surface area contributed by atoms with E-state index >= 15 is 0 Å². The van der Waals surface area contributed by atoms with Gasteiger partial charge in [-0.05, 0) is 38.1 Å². The SMILES string of the molecule is COc1cccc(NC(=O)C(C)(C)C(=O)NCc2ccco2)c1. The molecule has 6 heteroatoms. The summed E-state index contributed by atoms with van der Waals surface area (Å²) in [5.74, 6) is 0.474. The maximum absolute atomic E-state index is 12.4. The number of hydrogen-bond donors (Lipinski definition) is 2. The molecular formula is C17H20N2O4. The van der Waals surface area contributed by atoms with Crippen molar-refractivity contribution < 1.29 is 18.7 Å². The first kappa shape index (κ1) is 16.6. The Morgan fingerprint density at radius 2 is 1.96 bits per heavy atom. The molecule has 0 radical (unpaired) electrons. The number of carbonyl (C=O) groups is 2. The van der Waals surface area contributed by atoms with Crippen molar-refractivity contribution in [2.75, 3.05) is 12.4 Å². The molecule has 0 aliphatic rings. The summed E-state index contributed by atoms with van der Waals surface area (Å²) in [5, 5.41) is 5.42. The summed E-state index contributed by atoms with van der Waals surface area (Å²) in [6, 6.07) is 10.5. The van der Waals surface area contributed by atoms with Gasteiger partial charge < -0.3 is 19.8 Å². The second-order valence-corrected chi connectivity index (χ2v) is 5.57. The van der Waals surface area contributed by atoms with Crippen LogP contribution in [0.3, 0.4) is 0 Å². The number of methoxy groups -OCH3 is 1. The lowest BCUT2D eigenvalue weighted by Gasteiger charge is -2.22. The van der Waals surface area contributed by atoms with Gasteiger partial charge in [-0.3, -0.25) is 9.59 Å². The predicted molar refractivity (Wildman–Crippen MR) is 86.0 cm³/mol. The summed E-state index contributed by atoms with van der Waals surface area (Å²) in [5.41, 5.74) is -0.656. The molecule has 0 aliphatic carbocycles. The Hall–Kier alpha value is -2.76. The Morgan fingerprint density at radius 3 is 2.61 bits per heavy atom. The number of rotatable bonds is 6. The molecule has 0 saturated heterocycles. The number of nitrogens with one attached hydrogen (secondary N) is 2. The lowest BCUT2D eigenvalue weighted by Crippen LogP contribution is -2.44. The summed E-state index contributed by atoms with van der Waals surface area (Å²) in [6.07, 6.45) is 1.53. The fourth-order valence-electron chi connectivity index (χ4n) is 1.89. The number of benzene rings is 1. The van der Waals surface area contributed by atoms with E-state index in [9.17, 15) is 9.59 Å². The van der Waals surface area contributed by atoms with Gasteiger partial charge in [0.05, 0.1) is 19.9 Å². The molecule has 0 atom stereocenters. The average Bonchev–Trinajstić information content (AvgIpc) is 3.06. The number of amides is 2. The van der Waals surface area contributed by atoms with Gasteiger partial charge in [0.25, 0.3) is 0 Å². The second-order valence-electron chi connectivity index (χ2n) is 5.57. The molecule has 0 aliphatic heterocycles. The van der Waals surface area contributed by atoms with Gasteiger partial charge in [0.2, 0.25) is 11.8 Å². The van der Waals surface area contributed by atoms with E-state index in [2.05, 4.69) is 10.6 Å². The third kappa shape index (κ3) is 4.12. The zero-order chi connectivity index (χ0) is 16.9. The minimum absolute atomic E-state index is 0.238. The van der Waals surface area contributed by atoms with Gasteiger partial charge >= 0.3 is 0 Å². The molecule has 1 aromatic carbocycles. The largest absolute Gasteiger partial charge is 0.497 e. The zero-order valence-electron chi connectivity index (χ0n) is 13.4. The Labute approximate surface area is 134 Å². The van der Waals surface area contributed by atoms with Crippen molar-refractivity contribution in [3.8, 4) is 5.75 Å². The van der Waals surface area contributed by atoms with E-state index in [0.29, 0.717) is 17.2 Å². The summed E-state index contributed by atoms with van der Waals surface area (Å²) < 4.78 is 10.3. The predicted octanol–water partition coefficient (Wildman–Crippen LogP) is 2.57. The molecule has 0 unspecified atom stereocenters. The van der Waals surface area contributed by atoms with Gasteiger partial charge in [0.1, 0.15) is 16.9 Å². The number of hydrogen-bond acceptors (Lipinski definition) is 4. The highest BCUT2D eigenvalue weighted by atomic mass is 16.5. The molecule has 2 aromatic rings. The zero-order valence-corrected chi connectivity index (χ0v) is 13.4. The maximum Gasteiger partial charge on any atom is 0.239 e. The average molecular weight is 316 g/mol. The lowest BCUT2D eigenvalue weighted by atomic mass is 9.91. The summed E-state index contributed by atoms with van der Waals surface area (Å²) >= 11 is 0. The number of anilines is 1. The van der Waals surface area contributed by atoms with Crippen LogP contribution in [-0.2, 0) is 16.1 Å². The van der Waals surface area contributed by atoms with Crippen LogP contribution in [-0.4, -0.2) is 18.9 Å². The third-order valence-corrected chi connectivity index (χ3v) is 3.47. The normalized spacial score (nSPS) is 10.9. The van der Waals surface area contributed by atoms with Crippen molar-refractivity contribution in [2.24, 2.45) is 5.41 Å². The molecular weight excluding hydrogens is 296 g/mol. The van der Waals surface area contributed by atoms with Crippen LogP contribution >= 0.6 is 0 Å². The van der Waals surface area contributed by atoms with Crippen molar-refractivity contribution in [1.29, 1.82) is 0 Å². The summed E-state index contributed by atoms with van der Waals surface area (Å²) in [6.45, 7) is 3.38. The molecule has 1 aromatic heterocycles. The van der Waals surface area contributed by atoms with Crippen LogP contribution in [0.4, 0.5) is 5.69 Å². The van der Waals surface area contributed by atoms with Crippen LogP contribution in [0.15, 0.2) is 47.1 Å².